The van der Waals surface area contributed by atoms with Crippen LogP contribution in [0.15, 0.2) is 77.7 Å². The molecule has 0 aromatic heterocycles. The van der Waals surface area contributed by atoms with Crippen molar-refractivity contribution in [2.75, 3.05) is 16.4 Å². The summed E-state index contributed by atoms with van der Waals surface area (Å²) in [5, 5.41) is 24.2. The molecular formula is C28H19N3O9S. The molecule has 0 saturated heterocycles. The molecule has 0 spiro atoms. The van der Waals surface area contributed by atoms with Gasteiger partial charge in [-0.3, -0.25) is 18.9 Å². The van der Waals surface area contributed by atoms with Crippen LogP contribution in [0, 0.1) is 0 Å². The summed E-state index contributed by atoms with van der Waals surface area (Å²) < 4.78 is 34.1. The maximum atomic E-state index is 13.5. The van der Waals surface area contributed by atoms with Crippen molar-refractivity contribution >= 4 is 56.3 Å². The Balaban J connectivity index is 1.55. The van der Waals surface area contributed by atoms with E-state index in [1.165, 1.54) is 48.5 Å². The average Bonchev–Trinajstić information content (AvgIpc) is 2.92. The van der Waals surface area contributed by atoms with E-state index >= 15 is 0 Å². The van der Waals surface area contributed by atoms with Crippen LogP contribution in [0.5, 0.6) is 5.75 Å². The molecule has 7 N–H and O–H groups in total. The molecule has 4 aromatic rings. The Bertz CT molecular complexity index is 1930. The van der Waals surface area contributed by atoms with Crippen LogP contribution in [0.2, 0.25) is 0 Å². The molecule has 1 aliphatic rings. The molecule has 0 heterocycles. The van der Waals surface area contributed by atoms with Gasteiger partial charge in [0.1, 0.15) is 16.2 Å². The summed E-state index contributed by atoms with van der Waals surface area (Å²) in [5.41, 5.74) is 4.71. The fourth-order valence-electron chi connectivity index (χ4n) is 4.49. The van der Waals surface area contributed by atoms with Crippen LogP contribution in [0.3, 0.4) is 0 Å². The standard InChI is InChI=1S/C28H19N3O9S/c29-24-21(41(38,39)40)12-19(22-23(24)26(34)17-7-2-1-6-16(17)25(22)33)30-14-5-3-4-13(10-14)27(35)31-15-8-9-20(32)18(11-15)28(36)37/h1-12,30,32H,29H2,(H,31,35)(H,36,37)(H,38,39,40). The van der Waals surface area contributed by atoms with Crippen LogP contribution in [0.4, 0.5) is 22.7 Å². The highest BCUT2D eigenvalue weighted by Crippen LogP contribution is 2.40. The number of nitrogens with two attached hydrogens (primary N) is 1. The van der Waals surface area contributed by atoms with Gasteiger partial charge in [0.05, 0.1) is 22.5 Å². The Kier molecular flexibility index (Phi) is 6.53. The summed E-state index contributed by atoms with van der Waals surface area (Å²) in [5.74, 6) is -3.84. The SMILES string of the molecule is Nc1c(S(=O)(=O)O)cc(Nc2cccc(C(=O)Nc3ccc(O)c(C(=O)O)c3)c2)c2c1C(=O)c1ccccc1C2=O. The van der Waals surface area contributed by atoms with Crippen molar-refractivity contribution in [3.8, 4) is 5.75 Å². The van der Waals surface area contributed by atoms with E-state index in [1.807, 2.05) is 0 Å². The number of carboxylic acids is 1. The Morgan fingerprint density at radius 1 is 0.805 bits per heavy atom. The van der Waals surface area contributed by atoms with Crippen molar-refractivity contribution in [2.24, 2.45) is 0 Å². The third-order valence-electron chi connectivity index (χ3n) is 6.37. The smallest absolute Gasteiger partial charge is 0.339 e. The van der Waals surface area contributed by atoms with E-state index in [9.17, 15) is 42.4 Å². The molecule has 4 aromatic carbocycles. The van der Waals surface area contributed by atoms with Crippen LogP contribution in [0.1, 0.15) is 52.6 Å². The first-order chi connectivity index (χ1) is 19.4. The number of phenols is 1. The summed E-state index contributed by atoms with van der Waals surface area (Å²) in [6.07, 6.45) is 0. The normalized spacial score (nSPS) is 12.3. The largest absolute Gasteiger partial charge is 0.507 e. The lowest BCUT2D eigenvalue weighted by Gasteiger charge is -2.23. The quantitative estimate of drug-likeness (QED) is 0.0978. The zero-order chi connectivity index (χ0) is 29.6. The van der Waals surface area contributed by atoms with Crippen molar-refractivity contribution < 1.29 is 42.4 Å². The van der Waals surface area contributed by atoms with Gasteiger partial charge in [-0.1, -0.05) is 30.3 Å². The Morgan fingerprint density at radius 2 is 1.46 bits per heavy atom. The third kappa shape index (κ3) is 4.86. The van der Waals surface area contributed by atoms with E-state index in [0.29, 0.717) is 0 Å². The van der Waals surface area contributed by atoms with Gasteiger partial charge in [-0.2, -0.15) is 8.42 Å². The molecule has 0 bridgehead atoms. The highest BCUT2D eigenvalue weighted by atomic mass is 32.2. The van der Waals surface area contributed by atoms with E-state index < -0.39 is 55.5 Å². The summed E-state index contributed by atoms with van der Waals surface area (Å²) in [7, 11) is -4.92. The minimum atomic E-state index is -4.92. The molecule has 1 aliphatic carbocycles. The van der Waals surface area contributed by atoms with E-state index in [0.717, 1.165) is 18.2 Å². The van der Waals surface area contributed by atoms with E-state index in [4.69, 9.17) is 5.73 Å². The number of hydrogen-bond donors (Lipinski definition) is 6. The second-order valence-electron chi connectivity index (χ2n) is 8.96. The van der Waals surface area contributed by atoms with Crippen LogP contribution >= 0.6 is 0 Å². The third-order valence-corrected chi connectivity index (χ3v) is 7.26. The van der Waals surface area contributed by atoms with Crippen LogP contribution in [-0.2, 0) is 10.1 Å². The number of carboxylic acid groups (broad SMARTS) is 1. The highest BCUT2D eigenvalue weighted by molar-refractivity contribution is 7.86. The van der Waals surface area contributed by atoms with Gasteiger partial charge in [0.2, 0.25) is 0 Å². The number of aromatic hydroxyl groups is 1. The van der Waals surface area contributed by atoms with Gasteiger partial charge in [-0.25, -0.2) is 4.79 Å². The first-order valence-electron chi connectivity index (χ1n) is 11.7. The Hall–Kier alpha value is -5.53. The number of ketones is 2. The monoisotopic (exact) mass is 573 g/mol. The van der Waals surface area contributed by atoms with Gasteiger partial charge in [-0.15, -0.1) is 0 Å². The summed E-state index contributed by atoms with van der Waals surface area (Å²) in [6.45, 7) is 0. The number of nitrogen functional groups attached to an aromatic ring is 1. The second-order valence-corrected chi connectivity index (χ2v) is 10.4. The lowest BCUT2D eigenvalue weighted by atomic mass is 9.82. The van der Waals surface area contributed by atoms with Gasteiger partial charge < -0.3 is 26.6 Å². The topological polar surface area (TPSA) is 213 Å². The molecule has 206 valence electrons. The number of hydrogen-bond acceptors (Lipinski definition) is 9. The molecule has 5 rings (SSSR count). The lowest BCUT2D eigenvalue weighted by Crippen LogP contribution is -2.25. The molecular weight excluding hydrogens is 554 g/mol. The number of anilines is 4. The molecule has 0 aliphatic heterocycles. The van der Waals surface area contributed by atoms with Crippen molar-refractivity contribution in [3.63, 3.8) is 0 Å². The molecule has 0 saturated carbocycles. The number of rotatable bonds is 6. The first kappa shape index (κ1) is 27.1. The zero-order valence-electron chi connectivity index (χ0n) is 20.7. The Morgan fingerprint density at radius 3 is 2.10 bits per heavy atom. The highest BCUT2D eigenvalue weighted by Gasteiger charge is 2.36. The number of aromatic carboxylic acids is 1. The van der Waals surface area contributed by atoms with Crippen molar-refractivity contribution in [1.82, 2.24) is 0 Å². The van der Waals surface area contributed by atoms with Crippen molar-refractivity contribution in [3.05, 3.63) is 106 Å². The molecule has 0 unspecified atom stereocenters. The average molecular weight is 574 g/mol. The molecule has 0 radical (unpaired) electrons. The van der Waals surface area contributed by atoms with Gasteiger partial charge >= 0.3 is 5.97 Å². The number of nitrogens with one attached hydrogen (secondary N) is 2. The van der Waals surface area contributed by atoms with Crippen molar-refractivity contribution in [2.45, 2.75) is 4.90 Å². The van der Waals surface area contributed by atoms with Crippen LogP contribution in [-0.4, -0.2) is 46.6 Å². The minimum Gasteiger partial charge on any atom is -0.507 e. The fraction of sp³-hybridized carbons (Fsp3) is 0. The maximum absolute atomic E-state index is 13.5. The summed E-state index contributed by atoms with van der Waals surface area (Å²) in [6, 6.07) is 16.1. The fourth-order valence-corrected chi connectivity index (χ4v) is 5.13. The number of fused-ring (bicyclic) bond motifs is 2. The molecule has 13 heteroatoms. The van der Waals surface area contributed by atoms with Gasteiger partial charge in [0, 0.05) is 28.1 Å². The number of benzene rings is 4. The molecule has 0 atom stereocenters. The predicted octanol–water partition coefficient (Wildman–Crippen LogP) is 3.69. The van der Waals surface area contributed by atoms with E-state index in [2.05, 4.69) is 10.6 Å². The minimum absolute atomic E-state index is 0.0223. The molecule has 41 heavy (non-hydrogen) atoms. The van der Waals surface area contributed by atoms with Gasteiger partial charge in [0.15, 0.2) is 11.6 Å². The number of carbonyl (C=O) groups excluding carboxylic acids is 3. The number of amides is 1. The van der Waals surface area contributed by atoms with Gasteiger partial charge in [0.25, 0.3) is 16.0 Å². The second kappa shape index (κ2) is 9.89. The van der Waals surface area contributed by atoms with E-state index in [1.54, 1.807) is 6.07 Å². The first-order valence-corrected chi connectivity index (χ1v) is 13.2. The predicted molar refractivity (Wildman–Crippen MR) is 147 cm³/mol. The molecule has 1 amide bonds. The zero-order valence-corrected chi connectivity index (χ0v) is 21.5. The summed E-state index contributed by atoms with van der Waals surface area (Å²) >= 11 is 0. The maximum Gasteiger partial charge on any atom is 0.339 e. The molecule has 0 fully saturated rings. The van der Waals surface area contributed by atoms with Gasteiger partial charge in [-0.05, 0) is 42.5 Å². The van der Waals surface area contributed by atoms with Crippen molar-refractivity contribution in [1.29, 1.82) is 0 Å². The summed E-state index contributed by atoms with van der Waals surface area (Å²) in [4.78, 5) is 50.2. The number of carbonyl (C=O) groups is 4. The Labute approximate surface area is 231 Å². The molecule has 12 nitrogen and oxygen atoms in total. The lowest BCUT2D eigenvalue weighted by molar-refractivity contribution is 0.0693. The van der Waals surface area contributed by atoms with Crippen LogP contribution in [0.25, 0.3) is 0 Å². The van der Waals surface area contributed by atoms with Crippen LogP contribution < -0.4 is 16.4 Å². The van der Waals surface area contributed by atoms with E-state index in [-0.39, 0.29) is 44.9 Å².